The number of ether oxygens (including phenoxy) is 1. The van der Waals surface area contributed by atoms with E-state index in [0.717, 1.165) is 24.8 Å². The first-order valence-electron chi connectivity index (χ1n) is 8.95. The summed E-state index contributed by atoms with van der Waals surface area (Å²) in [6.07, 6.45) is 3.41. The zero-order valence-electron chi connectivity index (χ0n) is 15.4. The van der Waals surface area contributed by atoms with Crippen molar-refractivity contribution in [3.8, 4) is 0 Å². The van der Waals surface area contributed by atoms with E-state index in [1.54, 1.807) is 6.92 Å². The van der Waals surface area contributed by atoms with E-state index in [1.165, 1.54) is 0 Å². The molecule has 132 valence electrons. The van der Waals surface area contributed by atoms with Gasteiger partial charge in [-0.25, -0.2) is 0 Å². The first-order chi connectivity index (χ1) is 11.3. The minimum Gasteiger partial charge on any atom is -0.366 e. The van der Waals surface area contributed by atoms with Crippen molar-refractivity contribution in [3.05, 3.63) is 35.9 Å². The predicted molar refractivity (Wildman–Crippen MR) is 95.7 cm³/mol. The molecular weight excluding hydrogens is 300 g/mol. The maximum absolute atomic E-state index is 13.3. The monoisotopic (exact) mass is 330 g/mol. The van der Waals surface area contributed by atoms with Gasteiger partial charge in [-0.2, -0.15) is 0 Å². The molecule has 0 heterocycles. The van der Waals surface area contributed by atoms with Gasteiger partial charge in [0.1, 0.15) is 11.9 Å². The highest BCUT2D eigenvalue weighted by atomic mass is 16.5. The van der Waals surface area contributed by atoms with Crippen LogP contribution in [0.2, 0.25) is 0 Å². The average molecular weight is 330 g/mol. The lowest BCUT2D eigenvalue weighted by Gasteiger charge is -2.39. The van der Waals surface area contributed by atoms with Crippen LogP contribution < -0.4 is 0 Å². The molecule has 0 aliphatic heterocycles. The van der Waals surface area contributed by atoms with Gasteiger partial charge in [-0.15, -0.1) is 0 Å². The predicted octanol–water partition coefficient (Wildman–Crippen LogP) is 4.73. The van der Waals surface area contributed by atoms with Crippen LogP contribution >= 0.6 is 0 Å². The summed E-state index contributed by atoms with van der Waals surface area (Å²) < 4.78 is 6.01. The van der Waals surface area contributed by atoms with Gasteiger partial charge in [0, 0.05) is 11.8 Å². The van der Waals surface area contributed by atoms with Gasteiger partial charge in [-0.05, 0) is 37.2 Å². The van der Waals surface area contributed by atoms with Crippen molar-refractivity contribution in [3.63, 3.8) is 0 Å². The van der Waals surface area contributed by atoms with E-state index in [1.807, 2.05) is 30.3 Å². The Labute approximate surface area is 145 Å². The summed E-state index contributed by atoms with van der Waals surface area (Å²) in [6, 6.07) is 9.88. The van der Waals surface area contributed by atoms with E-state index in [-0.39, 0.29) is 22.4 Å². The molecule has 0 amide bonds. The molecule has 3 heteroatoms. The number of rotatable bonds is 8. The van der Waals surface area contributed by atoms with E-state index >= 15 is 0 Å². The van der Waals surface area contributed by atoms with Gasteiger partial charge in [0.25, 0.3) is 0 Å². The lowest BCUT2D eigenvalue weighted by molar-refractivity contribution is -0.146. The molecule has 1 aromatic carbocycles. The first kappa shape index (κ1) is 18.9. The molecule has 1 aliphatic rings. The minimum atomic E-state index is -0.503. The average Bonchev–Trinajstić information content (AvgIpc) is 2.82. The van der Waals surface area contributed by atoms with Gasteiger partial charge in [-0.3, -0.25) is 4.79 Å². The Hall–Kier alpha value is -1.48. The van der Waals surface area contributed by atoms with Crippen molar-refractivity contribution in [2.45, 2.75) is 72.5 Å². The molecule has 0 saturated heterocycles. The van der Waals surface area contributed by atoms with E-state index in [4.69, 9.17) is 4.74 Å². The fraction of sp³-hybridized carbons (Fsp3) is 0.619. The van der Waals surface area contributed by atoms with Gasteiger partial charge in [-0.1, -0.05) is 57.5 Å². The van der Waals surface area contributed by atoms with Gasteiger partial charge >= 0.3 is 0 Å². The van der Waals surface area contributed by atoms with Crippen LogP contribution in [0.25, 0.3) is 0 Å². The fourth-order valence-electron chi connectivity index (χ4n) is 3.71. The second kappa shape index (κ2) is 7.60. The zero-order valence-corrected chi connectivity index (χ0v) is 15.4. The van der Waals surface area contributed by atoms with Crippen LogP contribution in [0, 0.1) is 10.8 Å². The third kappa shape index (κ3) is 4.13. The smallest absolute Gasteiger partial charge is 0.167 e. The van der Waals surface area contributed by atoms with Crippen LogP contribution in [0.5, 0.6) is 0 Å². The summed E-state index contributed by atoms with van der Waals surface area (Å²) in [6.45, 7) is 8.41. The van der Waals surface area contributed by atoms with Crippen LogP contribution in [-0.4, -0.2) is 17.7 Å². The van der Waals surface area contributed by atoms with Gasteiger partial charge in [0.15, 0.2) is 5.78 Å². The van der Waals surface area contributed by atoms with Crippen molar-refractivity contribution in [1.29, 1.82) is 0 Å². The molecule has 0 bridgehead atoms. The molecule has 0 aromatic heterocycles. The molecule has 2 atom stereocenters. The van der Waals surface area contributed by atoms with Crippen molar-refractivity contribution in [2.24, 2.45) is 10.8 Å². The number of Topliss-reactive ketones (excluding diaryl/α,β-unsaturated/α-hetero) is 2. The number of ketones is 2. The Kier molecular flexibility index (Phi) is 5.97. The number of carbonyl (C=O) groups excluding carboxylic acids is 2. The van der Waals surface area contributed by atoms with Gasteiger partial charge in [0.05, 0.1) is 6.61 Å². The van der Waals surface area contributed by atoms with E-state index in [9.17, 15) is 9.59 Å². The largest absolute Gasteiger partial charge is 0.366 e. The Morgan fingerprint density at radius 2 is 1.79 bits per heavy atom. The maximum Gasteiger partial charge on any atom is 0.167 e. The lowest BCUT2D eigenvalue weighted by Crippen LogP contribution is -2.44. The molecule has 3 nitrogen and oxygen atoms in total. The molecular formula is C21H30O3. The van der Waals surface area contributed by atoms with Crippen LogP contribution in [-0.2, 0) is 20.9 Å². The molecule has 2 rings (SSSR count). The molecule has 1 aliphatic carbocycles. The SMILES string of the molecule is CC(=O)CC[C@@H](OCc1ccccc1)C(=O)[C@@]1(C)CCCC1(C)C. The Balaban J connectivity index is 2.12. The highest BCUT2D eigenvalue weighted by molar-refractivity contribution is 5.90. The number of hydrogen-bond donors (Lipinski definition) is 0. The third-order valence-corrected chi connectivity index (χ3v) is 5.86. The first-order valence-corrected chi connectivity index (χ1v) is 8.95. The second-order valence-corrected chi connectivity index (χ2v) is 7.96. The van der Waals surface area contributed by atoms with Crippen molar-refractivity contribution in [1.82, 2.24) is 0 Å². The Morgan fingerprint density at radius 3 is 2.33 bits per heavy atom. The van der Waals surface area contributed by atoms with Crippen LogP contribution in [0.3, 0.4) is 0 Å². The van der Waals surface area contributed by atoms with E-state index in [0.29, 0.717) is 19.4 Å². The van der Waals surface area contributed by atoms with E-state index < -0.39 is 6.10 Å². The summed E-state index contributed by atoms with van der Waals surface area (Å²) in [4.78, 5) is 24.7. The topological polar surface area (TPSA) is 43.4 Å². The van der Waals surface area contributed by atoms with Gasteiger partial charge < -0.3 is 9.53 Å². The molecule has 0 spiro atoms. The molecule has 0 radical (unpaired) electrons. The van der Waals surface area contributed by atoms with Crippen LogP contribution in [0.4, 0.5) is 0 Å². The Morgan fingerprint density at radius 1 is 1.12 bits per heavy atom. The third-order valence-electron chi connectivity index (χ3n) is 5.86. The fourth-order valence-corrected chi connectivity index (χ4v) is 3.71. The number of benzene rings is 1. The highest BCUT2D eigenvalue weighted by Gasteiger charge is 2.52. The van der Waals surface area contributed by atoms with Crippen molar-refractivity contribution >= 4 is 11.6 Å². The molecule has 1 fully saturated rings. The Bertz CT molecular complexity index is 576. The molecule has 1 saturated carbocycles. The maximum atomic E-state index is 13.3. The molecule has 1 aromatic rings. The summed E-state index contributed by atoms with van der Waals surface area (Å²) in [5.41, 5.74) is 0.661. The summed E-state index contributed by atoms with van der Waals surface area (Å²) in [5.74, 6) is 0.272. The molecule has 0 unspecified atom stereocenters. The molecule has 24 heavy (non-hydrogen) atoms. The second-order valence-electron chi connectivity index (χ2n) is 7.96. The number of carbonyl (C=O) groups is 2. The normalized spacial score (nSPS) is 23.8. The summed E-state index contributed by atoms with van der Waals surface area (Å²) in [5, 5.41) is 0. The molecule has 0 N–H and O–H groups in total. The van der Waals surface area contributed by atoms with Gasteiger partial charge in [0.2, 0.25) is 0 Å². The number of hydrogen-bond acceptors (Lipinski definition) is 3. The quantitative estimate of drug-likeness (QED) is 0.692. The van der Waals surface area contributed by atoms with Crippen molar-refractivity contribution in [2.75, 3.05) is 0 Å². The minimum absolute atomic E-state index is 0.0192. The summed E-state index contributed by atoms with van der Waals surface area (Å²) in [7, 11) is 0. The lowest BCUT2D eigenvalue weighted by atomic mass is 9.65. The standard InChI is InChI=1S/C21H30O3/c1-16(22)11-12-18(24-15-17-9-6-5-7-10-17)19(23)21(4)14-8-13-20(21,2)3/h5-7,9-10,18H,8,11-15H2,1-4H3/t18-,21-/m1/s1. The van der Waals surface area contributed by atoms with Crippen molar-refractivity contribution < 1.29 is 14.3 Å². The highest BCUT2D eigenvalue weighted by Crippen LogP contribution is 2.53. The summed E-state index contributed by atoms with van der Waals surface area (Å²) >= 11 is 0. The van der Waals surface area contributed by atoms with Crippen LogP contribution in [0.15, 0.2) is 30.3 Å². The van der Waals surface area contributed by atoms with E-state index in [2.05, 4.69) is 20.8 Å². The van der Waals surface area contributed by atoms with Crippen LogP contribution in [0.1, 0.15) is 65.4 Å². The zero-order chi connectivity index (χ0) is 17.8.